The number of aliphatic hydroxyl groups excluding tert-OH is 1. The first-order valence-corrected chi connectivity index (χ1v) is 19.1. The first-order valence-electron chi connectivity index (χ1n) is 19.1. The quantitative estimate of drug-likeness (QED) is 0.0428. The first-order chi connectivity index (χ1) is 28.9. The molecule has 1 fully saturated rings. The van der Waals surface area contributed by atoms with Crippen LogP contribution in [-0.4, -0.2) is 106 Å². The Morgan fingerprint density at radius 3 is 2.35 bits per heavy atom. The number of carboxylic acid groups (broad SMARTS) is 2. The van der Waals surface area contributed by atoms with Gasteiger partial charge in [-0.2, -0.15) is 0 Å². The summed E-state index contributed by atoms with van der Waals surface area (Å²) in [6.07, 6.45) is 0.981. The van der Waals surface area contributed by atoms with Gasteiger partial charge in [-0.1, -0.05) is 60.7 Å². The number of amides is 1. The number of rotatable bonds is 15. The van der Waals surface area contributed by atoms with E-state index in [1.54, 1.807) is 72.8 Å². The number of fused-ring (bicyclic) bond motifs is 1. The number of hydrogen-bond donors (Lipinski definition) is 8. The monoisotopic (exact) mass is 826 g/mol. The third-order valence-electron chi connectivity index (χ3n) is 9.62. The Balaban J connectivity index is 0.00000125. The van der Waals surface area contributed by atoms with Crippen LogP contribution in [0.4, 0.5) is 0 Å². The van der Waals surface area contributed by atoms with Crippen LogP contribution in [0.25, 0.3) is 10.9 Å². The summed E-state index contributed by atoms with van der Waals surface area (Å²) in [7, 11) is 1.99. The van der Waals surface area contributed by atoms with Gasteiger partial charge in [-0.3, -0.25) is 19.2 Å². The minimum atomic E-state index is -2.02. The van der Waals surface area contributed by atoms with E-state index in [9.17, 15) is 29.7 Å². The number of aromatic nitrogens is 1. The second kappa shape index (κ2) is 23.1. The van der Waals surface area contributed by atoms with Gasteiger partial charge < -0.3 is 55.5 Å². The van der Waals surface area contributed by atoms with Crippen LogP contribution in [0.15, 0.2) is 108 Å². The highest BCUT2D eigenvalue weighted by atomic mass is 16.6. The van der Waals surface area contributed by atoms with Crippen LogP contribution in [0.3, 0.4) is 0 Å². The molecule has 16 nitrogen and oxygen atoms in total. The van der Waals surface area contributed by atoms with E-state index < -0.39 is 17.7 Å². The van der Waals surface area contributed by atoms with Crippen LogP contribution in [0.1, 0.15) is 58.0 Å². The molecule has 0 spiro atoms. The maximum atomic E-state index is 13.6. The molecule has 3 atom stereocenters. The summed E-state index contributed by atoms with van der Waals surface area (Å²) in [6, 6.07) is 28.7. The van der Waals surface area contributed by atoms with Crippen molar-refractivity contribution < 1.29 is 54.2 Å². The number of piperidine rings is 1. The van der Waals surface area contributed by atoms with E-state index in [0.717, 1.165) is 24.9 Å². The Labute approximate surface area is 346 Å². The molecule has 318 valence electrons. The van der Waals surface area contributed by atoms with Crippen molar-refractivity contribution in [1.29, 1.82) is 0 Å². The number of ether oxygens (including phenoxy) is 2. The predicted molar refractivity (Wildman–Crippen MR) is 222 cm³/mol. The zero-order valence-corrected chi connectivity index (χ0v) is 33.0. The molecule has 1 aromatic heterocycles. The average molecular weight is 827 g/mol. The highest BCUT2D eigenvalue weighted by Crippen LogP contribution is 2.34. The van der Waals surface area contributed by atoms with Crippen molar-refractivity contribution in [3.8, 4) is 11.5 Å². The first kappa shape index (κ1) is 46.1. The summed E-state index contributed by atoms with van der Waals surface area (Å²) < 4.78 is 11.8. The predicted octanol–water partition coefficient (Wildman–Crippen LogP) is 3.53. The molecule has 0 aliphatic carbocycles. The molecule has 0 unspecified atom stereocenters. The Bertz CT molecular complexity index is 2210. The highest BCUT2D eigenvalue weighted by Gasteiger charge is 2.43. The zero-order valence-electron chi connectivity index (χ0n) is 33.0. The molecule has 0 bridgehead atoms. The fourth-order valence-electron chi connectivity index (χ4n) is 6.70. The number of carbonyl (C=O) groups is 4. The average Bonchev–Trinajstić information content (AvgIpc) is 3.24. The van der Waals surface area contributed by atoms with Crippen molar-refractivity contribution in [2.45, 2.75) is 43.6 Å². The van der Waals surface area contributed by atoms with Crippen LogP contribution >= 0.6 is 0 Å². The molecule has 4 aromatic carbocycles. The van der Waals surface area contributed by atoms with Crippen LogP contribution < -0.4 is 20.9 Å². The van der Waals surface area contributed by atoms with Crippen molar-refractivity contribution in [2.75, 3.05) is 39.8 Å². The molecular formula is C44H50N4O12. The number of esters is 1. The number of H-pyrrole nitrogens is 1. The van der Waals surface area contributed by atoms with Gasteiger partial charge in [-0.15, -0.1) is 0 Å². The number of aromatic hydroxyl groups is 1. The Morgan fingerprint density at radius 2 is 1.65 bits per heavy atom. The van der Waals surface area contributed by atoms with Gasteiger partial charge >= 0.3 is 5.97 Å². The minimum absolute atomic E-state index is 0.0663. The number of carbonyl (C=O) groups excluding carboxylic acids is 2. The summed E-state index contributed by atoms with van der Waals surface area (Å²) in [5.41, 5.74) is 0.659. The molecule has 6 rings (SSSR count). The lowest BCUT2D eigenvalue weighted by Crippen LogP contribution is -2.44. The second-order valence-corrected chi connectivity index (χ2v) is 13.8. The van der Waals surface area contributed by atoms with Gasteiger partial charge in [0.05, 0.1) is 18.2 Å². The van der Waals surface area contributed by atoms with Crippen molar-refractivity contribution >= 4 is 35.7 Å². The number of likely N-dealkylation sites (N-methyl/N-ethyl adjacent to an activating group) is 1. The van der Waals surface area contributed by atoms with Gasteiger partial charge in [0.25, 0.3) is 18.9 Å². The zero-order chi connectivity index (χ0) is 43.5. The van der Waals surface area contributed by atoms with E-state index >= 15 is 0 Å². The van der Waals surface area contributed by atoms with Crippen LogP contribution in [-0.2, 0) is 31.3 Å². The number of aliphatic hydroxyl groups is 2. The van der Waals surface area contributed by atoms with Gasteiger partial charge in [-0.25, -0.2) is 4.79 Å². The largest absolute Gasteiger partial charge is 0.506 e. The summed E-state index contributed by atoms with van der Waals surface area (Å²) in [5, 5.41) is 53.3. The van der Waals surface area contributed by atoms with Crippen molar-refractivity contribution in [3.63, 3.8) is 0 Å². The number of pyridine rings is 1. The second-order valence-electron chi connectivity index (χ2n) is 13.8. The standard InChI is InChI=1S/C42H46N4O8.2CH2O2/c1-46-22-6-12-33(27-46)54-41(51)42(52,30-8-3-2-4-9-30)31-10-5-11-32(24-31)53-23-7-21-44-40(50)29-15-13-28(14-16-29)25-43-26-37(48)34-17-19-36(47)39-35(34)18-20-38(49)45-39;2*2-1-3/h2-5,8-11,13-20,24,33,37,43,47-48,52H,6-7,12,21-23,25-27H2,1H3,(H,44,50)(H,45,49);2*1H,(H,2,3)/t33-,37-,42-;;/m0../s1. The van der Waals surface area contributed by atoms with Gasteiger partial charge in [0.15, 0.2) is 0 Å². The Morgan fingerprint density at radius 1 is 0.950 bits per heavy atom. The lowest BCUT2D eigenvalue weighted by atomic mass is 9.86. The van der Waals surface area contributed by atoms with Crippen molar-refractivity contribution in [1.82, 2.24) is 20.5 Å². The van der Waals surface area contributed by atoms with Gasteiger partial charge in [0.1, 0.15) is 17.6 Å². The fraction of sp³-hybridized carbons (Fsp3) is 0.295. The van der Waals surface area contributed by atoms with E-state index in [2.05, 4.69) is 20.5 Å². The third-order valence-corrected chi connectivity index (χ3v) is 9.62. The molecular weight excluding hydrogens is 776 g/mol. The number of benzene rings is 4. The van der Waals surface area contributed by atoms with Crippen molar-refractivity contribution in [2.24, 2.45) is 0 Å². The molecule has 8 N–H and O–H groups in total. The molecule has 60 heavy (non-hydrogen) atoms. The van der Waals surface area contributed by atoms with Crippen LogP contribution in [0.2, 0.25) is 0 Å². The number of phenols is 1. The van der Waals surface area contributed by atoms with Gasteiger partial charge in [0, 0.05) is 48.8 Å². The fourth-order valence-corrected chi connectivity index (χ4v) is 6.70. The van der Waals surface area contributed by atoms with Crippen molar-refractivity contribution in [3.05, 3.63) is 141 Å². The molecule has 0 radical (unpaired) electrons. The van der Waals surface area contributed by atoms with E-state index in [0.29, 0.717) is 66.1 Å². The molecule has 1 saturated heterocycles. The smallest absolute Gasteiger partial charge is 0.348 e. The van der Waals surface area contributed by atoms with Crippen LogP contribution in [0.5, 0.6) is 11.5 Å². The van der Waals surface area contributed by atoms with Crippen LogP contribution in [0, 0.1) is 0 Å². The number of aromatic amines is 1. The topological polar surface area (TPSA) is 248 Å². The number of nitrogens with zero attached hydrogens (tertiary/aromatic N) is 1. The lowest BCUT2D eigenvalue weighted by Gasteiger charge is -2.33. The van der Waals surface area contributed by atoms with E-state index in [1.807, 2.05) is 25.2 Å². The summed E-state index contributed by atoms with van der Waals surface area (Å²) in [6.45, 7) is 2.39. The van der Waals surface area contributed by atoms with E-state index in [-0.39, 0.29) is 48.3 Å². The Kier molecular flexibility index (Phi) is 17.8. The van der Waals surface area contributed by atoms with Gasteiger partial charge in [0.2, 0.25) is 11.2 Å². The number of likely N-dealkylation sites (tertiary alicyclic amines) is 1. The summed E-state index contributed by atoms with van der Waals surface area (Å²) in [5.74, 6) is -0.539. The molecule has 16 heteroatoms. The molecule has 5 aromatic rings. The number of nitrogens with one attached hydrogen (secondary N) is 3. The maximum absolute atomic E-state index is 13.6. The van der Waals surface area contributed by atoms with E-state index in [1.165, 1.54) is 12.1 Å². The normalized spacial score (nSPS) is 15.1. The summed E-state index contributed by atoms with van der Waals surface area (Å²) >= 11 is 0. The molecule has 0 saturated carbocycles. The SMILES string of the molecule is CN1CCC[C@H](OC(=O)[C@](O)(c2ccccc2)c2cccc(OCCCNC(=O)c3ccc(CNC[C@H](O)c4ccc(O)c5[nH]c(=O)ccc45)cc3)c2)C1.O=CO.O=CO. The molecule has 1 amide bonds. The summed E-state index contributed by atoms with van der Waals surface area (Å²) in [4.78, 5) is 59.5. The van der Waals surface area contributed by atoms with E-state index in [4.69, 9.17) is 29.3 Å². The Hall–Kier alpha value is -6.59. The molecule has 1 aliphatic rings. The number of phenolic OH excluding ortho intramolecular Hbond substituents is 1. The molecule has 2 heterocycles. The van der Waals surface area contributed by atoms with Gasteiger partial charge in [-0.05, 0) is 85.9 Å². The third kappa shape index (κ3) is 12.7. The minimum Gasteiger partial charge on any atom is -0.506 e. The highest BCUT2D eigenvalue weighted by molar-refractivity contribution is 5.94. The molecule has 1 aliphatic heterocycles. The number of hydrogen-bond acceptors (Lipinski definition) is 12. The lowest BCUT2D eigenvalue weighted by molar-refractivity contribution is -0.170. The maximum Gasteiger partial charge on any atom is 0.348 e.